The molecule has 0 aliphatic heterocycles. The highest BCUT2D eigenvalue weighted by molar-refractivity contribution is 7.14. The van der Waals surface area contributed by atoms with Gasteiger partial charge >= 0.3 is 5.97 Å². The monoisotopic (exact) mass is 324 g/mol. The van der Waals surface area contributed by atoms with Gasteiger partial charge in [0.25, 0.3) is 0 Å². The third kappa shape index (κ3) is 4.35. The quantitative estimate of drug-likeness (QED) is 0.778. The molecule has 0 bridgehead atoms. The third-order valence-corrected chi connectivity index (χ3v) is 4.99. The average molecular weight is 324 g/mol. The van der Waals surface area contributed by atoms with E-state index in [0.717, 1.165) is 21.4 Å². The van der Waals surface area contributed by atoms with Crippen molar-refractivity contribution in [2.45, 2.75) is 46.0 Å². The highest BCUT2D eigenvalue weighted by atomic mass is 32.1. The molecule has 2 aromatic heterocycles. The molecule has 0 unspecified atom stereocenters. The van der Waals surface area contributed by atoms with Crippen LogP contribution >= 0.6 is 22.7 Å². The first kappa shape index (κ1) is 16.1. The molecule has 2 heterocycles. The van der Waals surface area contributed by atoms with Crippen LogP contribution in [-0.4, -0.2) is 22.5 Å². The third-order valence-electron chi connectivity index (χ3n) is 2.81. The Labute approximate surface area is 133 Å². The van der Waals surface area contributed by atoms with E-state index in [1.54, 1.807) is 22.7 Å². The van der Waals surface area contributed by atoms with E-state index in [2.05, 4.69) is 36.1 Å². The van der Waals surface area contributed by atoms with Crippen LogP contribution in [0.3, 0.4) is 0 Å². The van der Waals surface area contributed by atoms with Crippen molar-refractivity contribution < 1.29 is 9.53 Å². The van der Waals surface area contributed by atoms with Crippen LogP contribution in [0.1, 0.15) is 44.8 Å². The highest BCUT2D eigenvalue weighted by Gasteiger charge is 2.19. The van der Waals surface area contributed by atoms with Gasteiger partial charge in [-0.15, -0.1) is 22.7 Å². The number of carbonyl (C=O) groups excluding carboxylic acids is 1. The minimum atomic E-state index is -0.171. The van der Waals surface area contributed by atoms with Crippen molar-refractivity contribution in [1.29, 1.82) is 0 Å². The van der Waals surface area contributed by atoms with Crippen LogP contribution in [-0.2, 0) is 21.4 Å². The fraction of sp³-hybridized carbons (Fsp3) is 0.533. The number of hydrogen-bond acceptors (Lipinski definition) is 6. The molecular weight excluding hydrogens is 304 g/mol. The Kier molecular flexibility index (Phi) is 5.11. The molecule has 6 heteroatoms. The Morgan fingerprint density at radius 3 is 2.62 bits per heavy atom. The van der Waals surface area contributed by atoms with E-state index in [0.29, 0.717) is 19.4 Å². The number of aromatic nitrogens is 2. The van der Waals surface area contributed by atoms with Crippen molar-refractivity contribution in [2.75, 3.05) is 6.61 Å². The summed E-state index contributed by atoms with van der Waals surface area (Å²) < 4.78 is 4.92. The van der Waals surface area contributed by atoms with Crippen molar-refractivity contribution in [2.24, 2.45) is 0 Å². The minimum Gasteiger partial charge on any atom is -0.466 e. The maximum atomic E-state index is 11.3. The lowest BCUT2D eigenvalue weighted by atomic mass is 9.98. The lowest BCUT2D eigenvalue weighted by molar-refractivity contribution is -0.143. The van der Waals surface area contributed by atoms with Gasteiger partial charge in [-0.3, -0.25) is 4.79 Å². The maximum absolute atomic E-state index is 11.3. The Bertz CT molecular complexity index is 611. The Balaban J connectivity index is 2.03. The number of aryl methyl sites for hydroxylation is 1. The average Bonchev–Trinajstić information content (AvgIpc) is 3.05. The number of nitrogens with zero attached hydrogens (tertiary/aromatic N) is 2. The van der Waals surface area contributed by atoms with Crippen molar-refractivity contribution in [3.63, 3.8) is 0 Å². The second kappa shape index (κ2) is 6.66. The summed E-state index contributed by atoms with van der Waals surface area (Å²) in [7, 11) is 0. The molecule has 4 nitrogen and oxygen atoms in total. The topological polar surface area (TPSA) is 52.1 Å². The molecule has 0 saturated heterocycles. The second-order valence-corrected chi connectivity index (χ2v) is 7.45. The van der Waals surface area contributed by atoms with E-state index in [4.69, 9.17) is 4.74 Å². The summed E-state index contributed by atoms with van der Waals surface area (Å²) in [6, 6.07) is 0. The summed E-state index contributed by atoms with van der Waals surface area (Å²) in [5, 5.41) is 6.07. The van der Waals surface area contributed by atoms with Crippen LogP contribution in [0.2, 0.25) is 0 Å². The summed E-state index contributed by atoms with van der Waals surface area (Å²) >= 11 is 3.24. The smallest absolute Gasteiger partial charge is 0.306 e. The molecular formula is C15H20N2O2S2. The molecule has 2 aromatic rings. The molecule has 0 spiro atoms. The number of hydrogen-bond donors (Lipinski definition) is 0. The van der Waals surface area contributed by atoms with Gasteiger partial charge in [0.05, 0.1) is 23.7 Å². The van der Waals surface area contributed by atoms with Crippen molar-refractivity contribution in [3.8, 4) is 10.7 Å². The molecule has 0 N–H and O–H groups in total. The molecule has 114 valence electrons. The number of rotatable bonds is 5. The van der Waals surface area contributed by atoms with Crippen LogP contribution in [0.4, 0.5) is 0 Å². The molecule has 0 fully saturated rings. The van der Waals surface area contributed by atoms with E-state index in [-0.39, 0.29) is 11.4 Å². The summed E-state index contributed by atoms with van der Waals surface area (Å²) in [6.45, 7) is 8.70. The summed E-state index contributed by atoms with van der Waals surface area (Å²) in [5.74, 6) is -0.171. The molecule has 0 atom stereocenters. The molecule has 0 radical (unpaired) electrons. The van der Waals surface area contributed by atoms with Gasteiger partial charge in [-0.05, 0) is 6.92 Å². The molecule has 0 saturated carbocycles. The standard InChI is InChI=1S/C15H20N2O2S2/c1-5-19-12(18)7-6-10-8-20-13(16-10)11-9-21-14(17-11)15(2,3)4/h8-9H,5-7H2,1-4H3. The van der Waals surface area contributed by atoms with Crippen LogP contribution in [0.5, 0.6) is 0 Å². The molecule has 0 aromatic carbocycles. The Hall–Kier alpha value is -1.27. The SMILES string of the molecule is CCOC(=O)CCc1csc(-c2csc(C(C)(C)C)n2)n1. The first-order chi connectivity index (χ1) is 9.90. The fourth-order valence-corrected chi connectivity index (χ4v) is 3.50. The summed E-state index contributed by atoms with van der Waals surface area (Å²) in [6.07, 6.45) is 0.993. The van der Waals surface area contributed by atoms with Crippen LogP contribution in [0.25, 0.3) is 10.7 Å². The minimum absolute atomic E-state index is 0.0624. The molecule has 21 heavy (non-hydrogen) atoms. The largest absolute Gasteiger partial charge is 0.466 e. The van der Waals surface area contributed by atoms with Crippen molar-refractivity contribution >= 4 is 28.6 Å². The predicted octanol–water partition coefficient (Wildman–Crippen LogP) is 4.06. The lowest BCUT2D eigenvalue weighted by Crippen LogP contribution is -2.10. The maximum Gasteiger partial charge on any atom is 0.306 e. The van der Waals surface area contributed by atoms with Crippen LogP contribution in [0.15, 0.2) is 10.8 Å². The van der Waals surface area contributed by atoms with E-state index in [1.807, 2.05) is 12.3 Å². The number of esters is 1. The predicted molar refractivity (Wildman–Crippen MR) is 86.9 cm³/mol. The molecule has 0 aliphatic rings. The lowest BCUT2D eigenvalue weighted by Gasteiger charge is -2.13. The zero-order valence-corrected chi connectivity index (χ0v) is 14.4. The van der Waals surface area contributed by atoms with Gasteiger partial charge in [0, 0.05) is 22.6 Å². The van der Waals surface area contributed by atoms with E-state index in [1.165, 1.54) is 0 Å². The van der Waals surface area contributed by atoms with Gasteiger partial charge in [0.2, 0.25) is 0 Å². The van der Waals surface area contributed by atoms with Crippen molar-refractivity contribution in [3.05, 3.63) is 21.5 Å². The Morgan fingerprint density at radius 1 is 1.24 bits per heavy atom. The van der Waals surface area contributed by atoms with E-state index >= 15 is 0 Å². The second-order valence-electron chi connectivity index (χ2n) is 5.74. The molecule has 0 aliphatic carbocycles. The van der Waals surface area contributed by atoms with E-state index < -0.39 is 0 Å². The zero-order valence-electron chi connectivity index (χ0n) is 12.8. The number of carbonyl (C=O) groups is 1. The van der Waals surface area contributed by atoms with Gasteiger partial charge in [-0.25, -0.2) is 9.97 Å². The van der Waals surface area contributed by atoms with Crippen molar-refractivity contribution in [1.82, 2.24) is 9.97 Å². The first-order valence-corrected chi connectivity index (χ1v) is 8.72. The van der Waals surface area contributed by atoms with Crippen LogP contribution < -0.4 is 0 Å². The highest BCUT2D eigenvalue weighted by Crippen LogP contribution is 2.31. The molecule has 2 rings (SSSR count). The number of thiazole rings is 2. The summed E-state index contributed by atoms with van der Waals surface area (Å²) in [5.41, 5.74) is 1.91. The Morgan fingerprint density at radius 2 is 2.00 bits per heavy atom. The molecule has 0 amide bonds. The van der Waals surface area contributed by atoms with Gasteiger partial charge in [0.15, 0.2) is 0 Å². The summed E-state index contributed by atoms with van der Waals surface area (Å²) in [4.78, 5) is 20.6. The zero-order chi connectivity index (χ0) is 15.5. The van der Waals surface area contributed by atoms with Gasteiger partial charge in [-0.1, -0.05) is 20.8 Å². The number of ether oxygens (including phenoxy) is 1. The van der Waals surface area contributed by atoms with Crippen LogP contribution in [0, 0.1) is 0 Å². The normalized spacial score (nSPS) is 11.6. The van der Waals surface area contributed by atoms with Gasteiger partial charge in [0.1, 0.15) is 10.7 Å². The van der Waals surface area contributed by atoms with Gasteiger partial charge < -0.3 is 4.74 Å². The van der Waals surface area contributed by atoms with E-state index in [9.17, 15) is 4.79 Å². The fourth-order valence-electron chi connectivity index (χ4n) is 1.72. The first-order valence-electron chi connectivity index (χ1n) is 6.96. The van der Waals surface area contributed by atoms with Gasteiger partial charge in [-0.2, -0.15) is 0 Å².